The lowest BCUT2D eigenvalue weighted by molar-refractivity contribution is -0.160. The monoisotopic (exact) mass is 393 g/mol. The van der Waals surface area contributed by atoms with E-state index in [0.717, 1.165) is 0 Å². The standard InChI is InChI=1S/C19H24ClN3O4/c1-19(2,3)26-17(24)12-7-9-23(10-8-12)18-21-16(22-27-18)14-6-5-13(25-4)11-15(14)20/h5-6,11-12H,7-10H2,1-4H3. The maximum Gasteiger partial charge on any atom is 0.324 e. The van der Waals surface area contributed by atoms with Gasteiger partial charge in [0.25, 0.3) is 0 Å². The topological polar surface area (TPSA) is 77.7 Å². The minimum absolute atomic E-state index is 0.0982. The van der Waals surface area contributed by atoms with Gasteiger partial charge in [-0.2, -0.15) is 4.98 Å². The van der Waals surface area contributed by atoms with Crippen LogP contribution in [0, 0.1) is 5.92 Å². The van der Waals surface area contributed by atoms with E-state index in [0.29, 0.717) is 54.1 Å². The highest BCUT2D eigenvalue weighted by molar-refractivity contribution is 6.33. The fourth-order valence-electron chi connectivity index (χ4n) is 2.95. The highest BCUT2D eigenvalue weighted by atomic mass is 35.5. The Morgan fingerprint density at radius 2 is 2.00 bits per heavy atom. The lowest BCUT2D eigenvalue weighted by Gasteiger charge is -2.31. The van der Waals surface area contributed by atoms with Crippen LogP contribution in [0.15, 0.2) is 22.7 Å². The van der Waals surface area contributed by atoms with E-state index in [1.807, 2.05) is 25.7 Å². The van der Waals surface area contributed by atoms with Gasteiger partial charge in [0.15, 0.2) is 0 Å². The lowest BCUT2D eigenvalue weighted by Crippen LogP contribution is -2.39. The number of hydrogen-bond donors (Lipinski definition) is 0. The molecule has 27 heavy (non-hydrogen) atoms. The maximum absolute atomic E-state index is 12.2. The Hall–Kier alpha value is -2.28. The molecular weight excluding hydrogens is 370 g/mol. The van der Waals surface area contributed by atoms with Crippen LogP contribution >= 0.6 is 11.6 Å². The van der Waals surface area contributed by atoms with Gasteiger partial charge in [0, 0.05) is 18.7 Å². The zero-order chi connectivity index (χ0) is 19.6. The molecule has 3 rings (SSSR count). The first-order valence-electron chi connectivity index (χ1n) is 8.92. The summed E-state index contributed by atoms with van der Waals surface area (Å²) in [5.74, 6) is 0.848. The van der Waals surface area contributed by atoms with Crippen molar-refractivity contribution in [3.8, 4) is 17.1 Å². The smallest absolute Gasteiger partial charge is 0.324 e. The summed E-state index contributed by atoms with van der Waals surface area (Å²) < 4.78 is 16.0. The van der Waals surface area contributed by atoms with Crippen molar-refractivity contribution in [3.05, 3.63) is 23.2 Å². The number of piperidine rings is 1. The second kappa shape index (κ2) is 7.76. The van der Waals surface area contributed by atoms with E-state index in [-0.39, 0.29) is 11.9 Å². The van der Waals surface area contributed by atoms with Crippen molar-refractivity contribution in [2.45, 2.75) is 39.2 Å². The quantitative estimate of drug-likeness (QED) is 0.727. The fraction of sp³-hybridized carbons (Fsp3) is 0.526. The number of anilines is 1. The molecule has 0 spiro atoms. The molecule has 0 aliphatic carbocycles. The average molecular weight is 394 g/mol. The molecule has 1 aliphatic heterocycles. The van der Waals surface area contributed by atoms with Gasteiger partial charge in [-0.3, -0.25) is 4.79 Å². The Morgan fingerprint density at radius 3 is 2.59 bits per heavy atom. The number of ether oxygens (including phenoxy) is 2. The molecule has 7 nitrogen and oxygen atoms in total. The molecule has 1 aromatic heterocycles. The maximum atomic E-state index is 12.2. The number of nitrogens with zero attached hydrogens (tertiary/aromatic N) is 3. The average Bonchev–Trinajstić information content (AvgIpc) is 3.10. The van der Waals surface area contributed by atoms with Crippen molar-refractivity contribution >= 4 is 23.6 Å². The number of aromatic nitrogens is 2. The molecule has 0 saturated carbocycles. The van der Waals surface area contributed by atoms with E-state index >= 15 is 0 Å². The second-order valence-electron chi connectivity index (χ2n) is 7.54. The molecule has 1 aromatic carbocycles. The largest absolute Gasteiger partial charge is 0.497 e. The number of carbonyl (C=O) groups excluding carboxylic acids is 1. The van der Waals surface area contributed by atoms with Gasteiger partial charge >= 0.3 is 12.0 Å². The predicted octanol–water partition coefficient (Wildman–Crippen LogP) is 3.96. The number of esters is 1. The van der Waals surface area contributed by atoms with Gasteiger partial charge in [0.05, 0.1) is 18.1 Å². The summed E-state index contributed by atoms with van der Waals surface area (Å²) in [5, 5.41) is 4.53. The van der Waals surface area contributed by atoms with Crippen molar-refractivity contribution in [1.29, 1.82) is 0 Å². The molecule has 0 N–H and O–H groups in total. The van der Waals surface area contributed by atoms with Crippen LogP contribution in [0.5, 0.6) is 5.75 Å². The van der Waals surface area contributed by atoms with Crippen molar-refractivity contribution in [2.24, 2.45) is 5.92 Å². The second-order valence-corrected chi connectivity index (χ2v) is 7.95. The van der Waals surface area contributed by atoms with E-state index in [4.69, 9.17) is 25.6 Å². The molecule has 2 aromatic rings. The third-order valence-corrected chi connectivity index (χ3v) is 4.65. The van der Waals surface area contributed by atoms with E-state index in [2.05, 4.69) is 10.1 Å². The Labute approximate surface area is 163 Å². The normalized spacial score (nSPS) is 15.7. The SMILES string of the molecule is COc1ccc(-c2noc(N3CCC(C(=O)OC(C)(C)C)CC3)n2)c(Cl)c1. The molecule has 0 amide bonds. The number of benzene rings is 1. The molecule has 1 fully saturated rings. The van der Waals surface area contributed by atoms with E-state index in [1.54, 1.807) is 25.3 Å². The van der Waals surface area contributed by atoms with Crippen LogP contribution in [0.2, 0.25) is 5.02 Å². The molecule has 1 aliphatic rings. The molecule has 0 atom stereocenters. The number of carbonyl (C=O) groups is 1. The lowest BCUT2D eigenvalue weighted by atomic mass is 9.97. The molecule has 2 heterocycles. The Morgan fingerprint density at radius 1 is 1.30 bits per heavy atom. The van der Waals surface area contributed by atoms with Crippen LogP contribution in [-0.4, -0.2) is 41.9 Å². The highest BCUT2D eigenvalue weighted by Gasteiger charge is 2.30. The van der Waals surface area contributed by atoms with Crippen molar-refractivity contribution < 1.29 is 18.8 Å². The van der Waals surface area contributed by atoms with Crippen molar-refractivity contribution in [1.82, 2.24) is 10.1 Å². The first kappa shape index (κ1) is 19.5. The Bertz CT molecular complexity index is 808. The van der Waals surface area contributed by atoms with Crippen molar-refractivity contribution in [3.63, 3.8) is 0 Å². The molecule has 8 heteroatoms. The number of methoxy groups -OCH3 is 1. The first-order valence-corrected chi connectivity index (χ1v) is 9.30. The Kier molecular flexibility index (Phi) is 5.60. The third kappa shape index (κ3) is 4.71. The van der Waals surface area contributed by atoms with Crippen molar-refractivity contribution in [2.75, 3.05) is 25.1 Å². The first-order chi connectivity index (χ1) is 12.8. The number of hydrogen-bond acceptors (Lipinski definition) is 7. The van der Waals surface area contributed by atoms with Gasteiger partial charge < -0.3 is 18.9 Å². The van der Waals surface area contributed by atoms with Crippen LogP contribution < -0.4 is 9.64 Å². The van der Waals surface area contributed by atoms with Crippen LogP contribution in [-0.2, 0) is 9.53 Å². The fourth-order valence-corrected chi connectivity index (χ4v) is 3.20. The minimum atomic E-state index is -0.465. The van der Waals surface area contributed by atoms with Gasteiger partial charge in [-0.05, 0) is 51.8 Å². The summed E-state index contributed by atoms with van der Waals surface area (Å²) in [6, 6.07) is 5.73. The third-order valence-electron chi connectivity index (χ3n) is 4.34. The van der Waals surface area contributed by atoms with Crippen LogP contribution in [0.25, 0.3) is 11.4 Å². The summed E-state index contributed by atoms with van der Waals surface area (Å²) >= 11 is 6.28. The number of rotatable bonds is 4. The van der Waals surface area contributed by atoms with E-state index in [9.17, 15) is 4.79 Å². The minimum Gasteiger partial charge on any atom is -0.497 e. The molecule has 0 bridgehead atoms. The zero-order valence-corrected chi connectivity index (χ0v) is 16.7. The van der Waals surface area contributed by atoms with Gasteiger partial charge in [-0.1, -0.05) is 16.8 Å². The van der Waals surface area contributed by atoms with Gasteiger partial charge in [0.1, 0.15) is 11.4 Å². The highest BCUT2D eigenvalue weighted by Crippen LogP contribution is 2.31. The molecule has 0 radical (unpaired) electrons. The van der Waals surface area contributed by atoms with Crippen LogP contribution in [0.1, 0.15) is 33.6 Å². The molecule has 1 saturated heterocycles. The Balaban J connectivity index is 1.64. The summed E-state index contributed by atoms with van der Waals surface area (Å²) in [7, 11) is 1.58. The summed E-state index contributed by atoms with van der Waals surface area (Å²) in [4.78, 5) is 18.7. The molecule has 0 unspecified atom stereocenters. The molecule has 146 valence electrons. The summed E-state index contributed by atoms with van der Waals surface area (Å²) in [6.07, 6.45) is 1.38. The van der Waals surface area contributed by atoms with Crippen LogP contribution in [0.3, 0.4) is 0 Å². The summed E-state index contributed by atoms with van der Waals surface area (Å²) in [5.41, 5.74) is 0.212. The summed E-state index contributed by atoms with van der Waals surface area (Å²) in [6.45, 7) is 6.95. The van der Waals surface area contributed by atoms with Gasteiger partial charge in [-0.25, -0.2) is 0 Å². The number of halogens is 1. The van der Waals surface area contributed by atoms with E-state index < -0.39 is 5.60 Å². The van der Waals surface area contributed by atoms with Gasteiger partial charge in [-0.15, -0.1) is 0 Å². The molecular formula is C19H24ClN3O4. The van der Waals surface area contributed by atoms with Crippen LogP contribution in [0.4, 0.5) is 6.01 Å². The van der Waals surface area contributed by atoms with Gasteiger partial charge in [0.2, 0.25) is 5.82 Å². The van der Waals surface area contributed by atoms with E-state index in [1.165, 1.54) is 0 Å². The zero-order valence-electron chi connectivity index (χ0n) is 16.0. The predicted molar refractivity (Wildman–Crippen MR) is 102 cm³/mol.